The van der Waals surface area contributed by atoms with E-state index in [2.05, 4.69) is 0 Å². The van der Waals surface area contributed by atoms with E-state index in [0.29, 0.717) is 13.0 Å². The highest BCUT2D eigenvalue weighted by Gasteiger charge is 2.36. The summed E-state index contributed by atoms with van der Waals surface area (Å²) < 4.78 is 5.12. The van der Waals surface area contributed by atoms with E-state index in [1.54, 1.807) is 20.8 Å². The largest absolute Gasteiger partial charge is 0.495 e. The Bertz CT molecular complexity index is 133. The lowest BCUT2D eigenvalue weighted by Gasteiger charge is -2.27. The maximum absolute atomic E-state index is 9.40. The van der Waals surface area contributed by atoms with Crippen LogP contribution in [-0.2, 0) is 4.43 Å². The molecule has 5 heteroatoms. The molecule has 0 amide bonds. The predicted octanol–water partition coefficient (Wildman–Crippen LogP) is 0.0738. The molecule has 0 aliphatic carbocycles. The van der Waals surface area contributed by atoms with Gasteiger partial charge >= 0.3 is 8.80 Å². The smallest absolute Gasteiger partial charge is 0.390 e. The van der Waals surface area contributed by atoms with E-state index in [1.807, 2.05) is 0 Å². The van der Waals surface area contributed by atoms with Crippen LogP contribution in [0.1, 0.15) is 27.2 Å². The van der Waals surface area contributed by atoms with Crippen molar-refractivity contribution in [1.82, 2.24) is 0 Å². The molecule has 0 bridgehead atoms. The fourth-order valence-corrected chi connectivity index (χ4v) is 2.62. The van der Waals surface area contributed by atoms with Crippen LogP contribution in [0.25, 0.3) is 0 Å². The highest BCUT2D eigenvalue weighted by molar-refractivity contribution is 6.57. The predicted molar refractivity (Wildman–Crippen MR) is 49.5 cm³/mol. The lowest BCUT2D eigenvalue weighted by Crippen LogP contribution is -2.45. The van der Waals surface area contributed by atoms with E-state index in [-0.39, 0.29) is 6.04 Å². The maximum atomic E-state index is 9.40. The molecular weight excluding hydrogens is 174 g/mol. The van der Waals surface area contributed by atoms with Gasteiger partial charge in [-0.15, -0.1) is 0 Å². The second-order valence-electron chi connectivity index (χ2n) is 3.85. The molecule has 0 radical (unpaired) electrons. The first-order valence-electron chi connectivity index (χ1n) is 4.12. The Morgan fingerprint density at radius 2 is 1.83 bits per heavy atom. The first-order chi connectivity index (χ1) is 5.27. The van der Waals surface area contributed by atoms with E-state index < -0.39 is 14.4 Å². The number of hydrogen-bond donors (Lipinski definition) is 3. The minimum absolute atomic E-state index is 0.279. The summed E-state index contributed by atoms with van der Waals surface area (Å²) in [5.74, 6) is 0. The van der Waals surface area contributed by atoms with Crippen LogP contribution in [0.2, 0.25) is 6.04 Å². The van der Waals surface area contributed by atoms with Gasteiger partial charge in [0.05, 0.1) is 5.60 Å². The molecule has 0 aliphatic rings. The summed E-state index contributed by atoms with van der Waals surface area (Å²) in [5.41, 5.74) is 4.75. The molecule has 0 aromatic carbocycles. The van der Waals surface area contributed by atoms with E-state index in [1.165, 1.54) is 0 Å². The van der Waals surface area contributed by atoms with E-state index in [0.717, 1.165) is 0 Å². The topological polar surface area (TPSA) is 75.7 Å². The lowest BCUT2D eigenvalue weighted by atomic mass is 10.2. The van der Waals surface area contributed by atoms with Crippen LogP contribution >= 0.6 is 0 Å². The SMILES string of the molecule is CC(C)(C)O[Si](O)(O)CCCN. The third-order valence-electron chi connectivity index (χ3n) is 1.18. The Balaban J connectivity index is 3.86. The molecule has 0 saturated heterocycles. The Hall–Kier alpha value is 0.0569. The maximum Gasteiger partial charge on any atom is 0.495 e. The normalized spacial score (nSPS) is 13.5. The van der Waals surface area contributed by atoms with Crippen molar-refractivity contribution in [2.24, 2.45) is 5.73 Å². The molecule has 0 heterocycles. The highest BCUT2D eigenvalue weighted by Crippen LogP contribution is 2.16. The van der Waals surface area contributed by atoms with E-state index in [4.69, 9.17) is 10.2 Å². The molecule has 0 fully saturated rings. The van der Waals surface area contributed by atoms with Gasteiger partial charge in [0.25, 0.3) is 0 Å². The van der Waals surface area contributed by atoms with Crippen molar-refractivity contribution in [3.8, 4) is 0 Å². The second-order valence-corrected chi connectivity index (χ2v) is 6.04. The zero-order valence-electron chi connectivity index (χ0n) is 8.00. The Kier molecular flexibility index (Phi) is 4.36. The molecule has 0 rings (SSSR count). The van der Waals surface area contributed by atoms with Gasteiger partial charge in [-0.25, -0.2) is 0 Å². The molecule has 0 aromatic rings. The van der Waals surface area contributed by atoms with Gasteiger partial charge in [-0.2, -0.15) is 0 Å². The van der Waals surface area contributed by atoms with Crippen molar-refractivity contribution < 1.29 is 14.0 Å². The summed E-state index contributed by atoms with van der Waals surface area (Å²) in [4.78, 5) is 18.8. The van der Waals surface area contributed by atoms with Crippen molar-refractivity contribution in [2.45, 2.75) is 38.8 Å². The van der Waals surface area contributed by atoms with Gasteiger partial charge in [0.1, 0.15) is 0 Å². The van der Waals surface area contributed by atoms with Gasteiger partial charge in [0.15, 0.2) is 0 Å². The van der Waals surface area contributed by atoms with Crippen LogP contribution in [0.3, 0.4) is 0 Å². The van der Waals surface area contributed by atoms with Gasteiger partial charge < -0.3 is 19.8 Å². The fourth-order valence-electron chi connectivity index (χ4n) is 0.874. The third-order valence-corrected chi connectivity index (χ3v) is 3.12. The number of hydrogen-bond acceptors (Lipinski definition) is 4. The molecule has 12 heavy (non-hydrogen) atoms. The second kappa shape index (κ2) is 4.34. The van der Waals surface area contributed by atoms with E-state index >= 15 is 0 Å². The van der Waals surface area contributed by atoms with Crippen LogP contribution in [0, 0.1) is 0 Å². The molecule has 0 aromatic heterocycles. The number of rotatable bonds is 4. The Morgan fingerprint density at radius 1 is 1.33 bits per heavy atom. The average molecular weight is 193 g/mol. The van der Waals surface area contributed by atoms with Crippen LogP contribution < -0.4 is 5.73 Å². The van der Waals surface area contributed by atoms with Crippen LogP contribution in [-0.4, -0.2) is 30.5 Å². The summed E-state index contributed by atoms with van der Waals surface area (Å²) in [6.07, 6.45) is 0.593. The van der Waals surface area contributed by atoms with Crippen molar-refractivity contribution in [2.75, 3.05) is 6.54 Å². The van der Waals surface area contributed by atoms with Crippen molar-refractivity contribution in [1.29, 1.82) is 0 Å². The highest BCUT2D eigenvalue weighted by atomic mass is 28.4. The molecule has 0 saturated carbocycles. The minimum Gasteiger partial charge on any atom is -0.390 e. The van der Waals surface area contributed by atoms with Crippen molar-refractivity contribution in [3.63, 3.8) is 0 Å². The molecule has 0 atom stereocenters. The monoisotopic (exact) mass is 193 g/mol. The van der Waals surface area contributed by atoms with Crippen LogP contribution in [0.5, 0.6) is 0 Å². The first-order valence-corrected chi connectivity index (χ1v) is 6.13. The summed E-state index contributed by atoms with van der Waals surface area (Å²) in [7, 11) is -3.44. The van der Waals surface area contributed by atoms with Gasteiger partial charge in [0.2, 0.25) is 0 Å². The molecule has 0 unspecified atom stereocenters. The van der Waals surface area contributed by atoms with Crippen molar-refractivity contribution >= 4 is 8.80 Å². The summed E-state index contributed by atoms with van der Waals surface area (Å²) >= 11 is 0. The lowest BCUT2D eigenvalue weighted by molar-refractivity contribution is 0.0403. The zero-order chi connectivity index (χ0) is 9.83. The Morgan fingerprint density at radius 3 is 2.17 bits per heavy atom. The minimum atomic E-state index is -3.44. The van der Waals surface area contributed by atoms with Gasteiger partial charge in [-0.05, 0) is 33.7 Å². The van der Waals surface area contributed by atoms with Crippen molar-refractivity contribution in [3.05, 3.63) is 0 Å². The van der Waals surface area contributed by atoms with E-state index in [9.17, 15) is 9.59 Å². The Labute approximate surface area is 74.7 Å². The molecule has 0 spiro atoms. The first kappa shape index (κ1) is 12.1. The molecule has 4 nitrogen and oxygen atoms in total. The van der Waals surface area contributed by atoms with Gasteiger partial charge in [-0.1, -0.05) is 0 Å². The third kappa shape index (κ3) is 6.75. The summed E-state index contributed by atoms with van der Waals surface area (Å²) in [6, 6.07) is 0.279. The molecule has 0 aliphatic heterocycles. The summed E-state index contributed by atoms with van der Waals surface area (Å²) in [6.45, 7) is 5.85. The molecule has 74 valence electrons. The molecular formula is C7H19NO3Si. The van der Waals surface area contributed by atoms with Gasteiger partial charge in [0, 0.05) is 6.04 Å². The van der Waals surface area contributed by atoms with Gasteiger partial charge in [-0.3, -0.25) is 0 Å². The van der Waals surface area contributed by atoms with Crippen LogP contribution in [0.4, 0.5) is 0 Å². The van der Waals surface area contributed by atoms with Crippen LogP contribution in [0.15, 0.2) is 0 Å². The summed E-state index contributed by atoms with van der Waals surface area (Å²) in [5, 5.41) is 0. The zero-order valence-corrected chi connectivity index (χ0v) is 9.00. The quantitative estimate of drug-likeness (QED) is 0.552. The standard InChI is InChI=1S/C7H19NO3Si/c1-7(2,3)11-12(9,10)6-4-5-8/h9-10H,4-6,8H2,1-3H3. The fraction of sp³-hybridized carbons (Fsp3) is 1.00. The average Bonchev–Trinajstić information content (AvgIpc) is 1.78. The molecule has 4 N–H and O–H groups in total. The number of nitrogens with two attached hydrogens (primary N) is 1.